The third-order valence-electron chi connectivity index (χ3n) is 3.82. The second-order valence-electron chi connectivity index (χ2n) is 5.55. The van der Waals surface area contributed by atoms with Gasteiger partial charge in [0.15, 0.2) is 0 Å². The quantitative estimate of drug-likeness (QED) is 0.591. The van der Waals surface area contributed by atoms with E-state index in [4.69, 9.17) is 5.11 Å². The molecule has 2 N–H and O–H groups in total. The van der Waals surface area contributed by atoms with Crippen molar-refractivity contribution in [3.8, 4) is 0 Å². The van der Waals surface area contributed by atoms with Crippen LogP contribution in [0.2, 0.25) is 0 Å². The zero-order chi connectivity index (χ0) is 16.3. The van der Waals surface area contributed by atoms with E-state index in [9.17, 15) is 9.18 Å². The predicted molar refractivity (Wildman–Crippen MR) is 88.9 cm³/mol. The fraction of sp³-hybridized carbons (Fsp3) is 0.375. The van der Waals surface area contributed by atoms with Crippen LogP contribution in [-0.4, -0.2) is 16.8 Å². The number of carboxylic acid groups (broad SMARTS) is 1. The van der Waals surface area contributed by atoms with Crippen molar-refractivity contribution in [1.82, 2.24) is 0 Å². The van der Waals surface area contributed by atoms with E-state index in [2.05, 4.69) is 33.0 Å². The highest BCUT2D eigenvalue weighted by Gasteiger charge is 2.19. The van der Waals surface area contributed by atoms with Gasteiger partial charge in [-0.1, -0.05) is 12.2 Å². The van der Waals surface area contributed by atoms with Crippen molar-refractivity contribution in [2.75, 3.05) is 5.43 Å². The molecule has 0 saturated heterocycles. The van der Waals surface area contributed by atoms with E-state index in [1.54, 1.807) is 0 Å². The Hall–Kier alpha value is -1.69. The largest absolute Gasteiger partial charge is 0.478 e. The van der Waals surface area contributed by atoms with Crippen LogP contribution >= 0.6 is 15.9 Å². The average Bonchev–Trinajstić information content (AvgIpc) is 2.48. The van der Waals surface area contributed by atoms with Gasteiger partial charge in [-0.05, 0) is 66.6 Å². The van der Waals surface area contributed by atoms with Crippen LogP contribution < -0.4 is 5.43 Å². The summed E-state index contributed by atoms with van der Waals surface area (Å²) in [6.07, 6.45) is 3.85. The Labute approximate surface area is 137 Å². The maximum atomic E-state index is 13.5. The van der Waals surface area contributed by atoms with E-state index < -0.39 is 11.8 Å². The number of carbonyl (C=O) groups is 1. The van der Waals surface area contributed by atoms with Gasteiger partial charge in [0, 0.05) is 5.71 Å². The first-order valence-corrected chi connectivity index (χ1v) is 7.87. The Balaban J connectivity index is 2.20. The van der Waals surface area contributed by atoms with Gasteiger partial charge in [-0.2, -0.15) is 5.10 Å². The summed E-state index contributed by atoms with van der Waals surface area (Å²) in [5.41, 5.74) is 5.02. The summed E-state index contributed by atoms with van der Waals surface area (Å²) >= 11 is 3.06. The predicted octanol–water partition coefficient (Wildman–Crippen LogP) is 4.82. The zero-order valence-electron chi connectivity index (χ0n) is 12.3. The maximum absolute atomic E-state index is 13.5. The second kappa shape index (κ2) is 7.05. The number of rotatable bonds is 4. The molecule has 1 saturated carbocycles. The van der Waals surface area contributed by atoms with E-state index in [-0.39, 0.29) is 15.7 Å². The van der Waals surface area contributed by atoms with Crippen LogP contribution in [0.15, 0.2) is 33.9 Å². The standard InChI is InChI=1S/C16H18BrFN2O2/c1-9(2)10-4-3-5-11(6-10)19-20-15-8-13(17)14(18)7-12(15)16(21)22/h7-8,10,20H,1,3-6H2,2H3,(H,21,22). The smallest absolute Gasteiger partial charge is 0.337 e. The van der Waals surface area contributed by atoms with Crippen molar-refractivity contribution in [3.63, 3.8) is 0 Å². The maximum Gasteiger partial charge on any atom is 0.337 e. The number of aromatic carboxylic acids is 1. The number of hydrogen-bond acceptors (Lipinski definition) is 3. The van der Waals surface area contributed by atoms with Crippen LogP contribution in [0.25, 0.3) is 0 Å². The summed E-state index contributed by atoms with van der Waals surface area (Å²) in [6.45, 7) is 6.00. The molecule has 0 radical (unpaired) electrons. The van der Waals surface area contributed by atoms with Crippen LogP contribution in [0.5, 0.6) is 0 Å². The van der Waals surface area contributed by atoms with Gasteiger partial charge in [0.05, 0.1) is 15.7 Å². The number of hydrogen-bond donors (Lipinski definition) is 2. The van der Waals surface area contributed by atoms with E-state index in [0.29, 0.717) is 5.92 Å². The van der Waals surface area contributed by atoms with E-state index in [1.165, 1.54) is 6.07 Å². The SMILES string of the molecule is C=C(C)C1CCCC(=NNc2cc(Br)c(F)cc2C(=O)O)C1. The van der Waals surface area contributed by atoms with Gasteiger partial charge < -0.3 is 5.11 Å². The summed E-state index contributed by atoms with van der Waals surface area (Å²) in [7, 11) is 0. The van der Waals surface area contributed by atoms with Crippen molar-refractivity contribution >= 4 is 33.3 Å². The summed E-state index contributed by atoms with van der Waals surface area (Å²) in [4.78, 5) is 11.2. The van der Waals surface area contributed by atoms with Crippen molar-refractivity contribution in [3.05, 3.63) is 40.1 Å². The van der Waals surface area contributed by atoms with E-state index in [0.717, 1.165) is 43.0 Å². The number of anilines is 1. The number of benzene rings is 1. The van der Waals surface area contributed by atoms with Crippen molar-refractivity contribution in [2.45, 2.75) is 32.6 Å². The highest BCUT2D eigenvalue weighted by molar-refractivity contribution is 9.10. The number of nitrogens with zero attached hydrogens (tertiary/aromatic N) is 1. The van der Waals surface area contributed by atoms with E-state index >= 15 is 0 Å². The number of carboxylic acids is 1. The molecule has 0 bridgehead atoms. The topological polar surface area (TPSA) is 61.7 Å². The molecule has 4 nitrogen and oxygen atoms in total. The molecule has 1 aliphatic carbocycles. The van der Waals surface area contributed by atoms with Crippen molar-refractivity contribution < 1.29 is 14.3 Å². The van der Waals surface area contributed by atoms with Crippen LogP contribution in [0.1, 0.15) is 43.0 Å². The highest BCUT2D eigenvalue weighted by Crippen LogP contribution is 2.28. The van der Waals surface area contributed by atoms with E-state index in [1.807, 2.05) is 6.92 Å². The first kappa shape index (κ1) is 16.7. The molecule has 6 heteroatoms. The summed E-state index contributed by atoms with van der Waals surface area (Å²) in [5, 5.41) is 13.5. The number of halogens is 2. The Morgan fingerprint density at radius 3 is 2.91 bits per heavy atom. The fourth-order valence-corrected chi connectivity index (χ4v) is 2.86. The molecule has 1 aromatic carbocycles. The highest BCUT2D eigenvalue weighted by atomic mass is 79.9. The first-order valence-electron chi connectivity index (χ1n) is 7.07. The minimum absolute atomic E-state index is 0.141. The van der Waals surface area contributed by atoms with Gasteiger partial charge in [0.25, 0.3) is 0 Å². The van der Waals surface area contributed by atoms with Crippen molar-refractivity contribution in [2.24, 2.45) is 11.0 Å². The zero-order valence-corrected chi connectivity index (χ0v) is 13.9. The van der Waals surface area contributed by atoms with Gasteiger partial charge in [0.1, 0.15) is 5.82 Å². The molecule has 22 heavy (non-hydrogen) atoms. The Bertz CT molecular complexity index is 643. The van der Waals surface area contributed by atoms with Gasteiger partial charge in [-0.15, -0.1) is 0 Å². The normalized spacial score (nSPS) is 20.0. The van der Waals surface area contributed by atoms with Crippen LogP contribution in [0.4, 0.5) is 10.1 Å². The third-order valence-corrected chi connectivity index (χ3v) is 4.43. The minimum atomic E-state index is -1.20. The lowest BCUT2D eigenvalue weighted by Gasteiger charge is -2.23. The molecule has 1 fully saturated rings. The lowest BCUT2D eigenvalue weighted by Crippen LogP contribution is -2.17. The molecule has 0 amide bonds. The van der Waals surface area contributed by atoms with Gasteiger partial charge in [-0.3, -0.25) is 5.43 Å². The molecule has 118 valence electrons. The van der Waals surface area contributed by atoms with Crippen LogP contribution in [-0.2, 0) is 0 Å². The minimum Gasteiger partial charge on any atom is -0.478 e. The monoisotopic (exact) mass is 368 g/mol. The third kappa shape index (κ3) is 3.94. The Morgan fingerprint density at radius 2 is 2.27 bits per heavy atom. The molecule has 1 atom stereocenters. The number of allylic oxidation sites excluding steroid dienone is 1. The van der Waals surface area contributed by atoms with Gasteiger partial charge in [-0.25, -0.2) is 9.18 Å². The first-order chi connectivity index (χ1) is 10.4. The molecule has 1 aromatic rings. The molecule has 0 aromatic heterocycles. The average molecular weight is 369 g/mol. The second-order valence-corrected chi connectivity index (χ2v) is 6.40. The molecular weight excluding hydrogens is 351 g/mol. The molecule has 0 aliphatic heterocycles. The Kier molecular flexibility index (Phi) is 5.34. The lowest BCUT2D eigenvalue weighted by atomic mass is 9.84. The summed E-state index contributed by atoms with van der Waals surface area (Å²) < 4.78 is 13.7. The molecule has 2 rings (SSSR count). The van der Waals surface area contributed by atoms with Crippen LogP contribution in [0.3, 0.4) is 0 Å². The summed E-state index contributed by atoms with van der Waals surface area (Å²) in [6, 6.07) is 2.37. The fourth-order valence-electron chi connectivity index (χ4n) is 2.52. The molecule has 0 heterocycles. The van der Waals surface area contributed by atoms with Gasteiger partial charge >= 0.3 is 5.97 Å². The Morgan fingerprint density at radius 1 is 1.55 bits per heavy atom. The van der Waals surface area contributed by atoms with Crippen molar-refractivity contribution in [1.29, 1.82) is 0 Å². The van der Waals surface area contributed by atoms with Crippen LogP contribution in [0, 0.1) is 11.7 Å². The lowest BCUT2D eigenvalue weighted by molar-refractivity contribution is 0.0697. The molecule has 1 unspecified atom stereocenters. The molecule has 1 aliphatic rings. The summed E-state index contributed by atoms with van der Waals surface area (Å²) in [5.74, 6) is -1.39. The number of nitrogens with one attached hydrogen (secondary N) is 1. The number of hydrazone groups is 1. The molecule has 0 spiro atoms. The molecular formula is C16H18BrFN2O2. The van der Waals surface area contributed by atoms with Gasteiger partial charge in [0.2, 0.25) is 0 Å².